The van der Waals surface area contributed by atoms with Crippen molar-refractivity contribution in [3.63, 3.8) is 0 Å². The van der Waals surface area contributed by atoms with Gasteiger partial charge in [0.1, 0.15) is 0 Å². The summed E-state index contributed by atoms with van der Waals surface area (Å²) in [6.07, 6.45) is 2.23. The van der Waals surface area contributed by atoms with E-state index in [1.807, 2.05) is 42.3 Å². The van der Waals surface area contributed by atoms with E-state index >= 15 is 0 Å². The van der Waals surface area contributed by atoms with Crippen LogP contribution < -0.4 is 5.32 Å². The summed E-state index contributed by atoms with van der Waals surface area (Å²) in [5, 5.41) is 10.5. The van der Waals surface area contributed by atoms with E-state index in [0.29, 0.717) is 12.6 Å². The molecule has 1 aromatic heterocycles. The molecule has 1 aliphatic rings. The number of amides is 1. The lowest BCUT2D eigenvalue weighted by molar-refractivity contribution is -0.122. The number of hydrogen-bond donors (Lipinski definition) is 2. The van der Waals surface area contributed by atoms with Crippen molar-refractivity contribution in [3.05, 3.63) is 42.1 Å². The second-order valence-corrected chi connectivity index (χ2v) is 6.01. The average molecular weight is 298 g/mol. The highest BCUT2D eigenvalue weighted by Crippen LogP contribution is 2.23. The molecule has 1 fully saturated rings. The first-order valence-electron chi connectivity index (χ1n) is 7.74. The van der Waals surface area contributed by atoms with Crippen LogP contribution in [0, 0.1) is 0 Å². The molecular formula is C17H22N4O. The van der Waals surface area contributed by atoms with Crippen LogP contribution in [0.15, 0.2) is 36.4 Å². The minimum atomic E-state index is 0.0969. The highest BCUT2D eigenvalue weighted by Gasteiger charge is 2.24. The summed E-state index contributed by atoms with van der Waals surface area (Å²) < 4.78 is 0. The van der Waals surface area contributed by atoms with Crippen LogP contribution in [0.4, 0.5) is 0 Å². The normalized spacial score (nSPS) is 15.8. The molecule has 22 heavy (non-hydrogen) atoms. The maximum atomic E-state index is 11.9. The molecule has 116 valence electrons. The van der Waals surface area contributed by atoms with Crippen molar-refractivity contribution in [2.24, 2.45) is 0 Å². The number of carbonyl (C=O) groups is 1. The van der Waals surface area contributed by atoms with Crippen LogP contribution in [0.25, 0.3) is 11.3 Å². The average Bonchev–Trinajstić information content (AvgIpc) is 3.19. The van der Waals surface area contributed by atoms with Crippen molar-refractivity contribution in [1.29, 1.82) is 0 Å². The van der Waals surface area contributed by atoms with Crippen molar-refractivity contribution < 1.29 is 4.79 Å². The van der Waals surface area contributed by atoms with Gasteiger partial charge in [0.05, 0.1) is 17.9 Å². The van der Waals surface area contributed by atoms with Crippen LogP contribution in [0.3, 0.4) is 0 Å². The third kappa shape index (κ3) is 3.54. The fourth-order valence-corrected chi connectivity index (χ4v) is 2.41. The number of benzene rings is 1. The van der Waals surface area contributed by atoms with Crippen molar-refractivity contribution in [2.75, 3.05) is 13.6 Å². The molecule has 1 amide bonds. The standard InChI is InChI=1S/C17H22N4O/c1-12(21(2)11-17(22)18-14-8-9-14)15-10-16(20-19-15)13-6-4-3-5-7-13/h3-7,10,12,14H,8-9,11H2,1-2H3,(H,18,22)(H,19,20). The molecule has 0 saturated heterocycles. The second-order valence-electron chi connectivity index (χ2n) is 6.01. The van der Waals surface area contributed by atoms with Crippen molar-refractivity contribution in [3.8, 4) is 11.3 Å². The molecule has 1 saturated carbocycles. The van der Waals surface area contributed by atoms with Gasteiger partial charge in [-0.2, -0.15) is 5.10 Å². The minimum Gasteiger partial charge on any atom is -0.352 e. The monoisotopic (exact) mass is 298 g/mol. The number of carbonyl (C=O) groups excluding carboxylic acids is 1. The molecule has 3 rings (SSSR count). The van der Waals surface area contributed by atoms with Crippen LogP contribution in [0.1, 0.15) is 31.5 Å². The SMILES string of the molecule is CC(c1cc(-c2ccccc2)n[nH]1)N(C)CC(=O)NC1CC1. The highest BCUT2D eigenvalue weighted by molar-refractivity contribution is 5.78. The Bertz CT molecular complexity index is 633. The number of aromatic amines is 1. The van der Waals surface area contributed by atoms with Gasteiger partial charge < -0.3 is 5.32 Å². The Morgan fingerprint density at radius 2 is 2.14 bits per heavy atom. The molecule has 0 aliphatic heterocycles. The molecule has 1 aromatic carbocycles. The first kappa shape index (κ1) is 14.8. The van der Waals surface area contributed by atoms with Crippen LogP contribution in [-0.4, -0.2) is 40.6 Å². The fourth-order valence-electron chi connectivity index (χ4n) is 2.41. The smallest absolute Gasteiger partial charge is 0.234 e. The van der Waals surface area contributed by atoms with Crippen LogP contribution in [0.2, 0.25) is 0 Å². The van der Waals surface area contributed by atoms with E-state index in [-0.39, 0.29) is 11.9 Å². The maximum Gasteiger partial charge on any atom is 0.234 e. The first-order valence-corrected chi connectivity index (χ1v) is 7.74. The topological polar surface area (TPSA) is 61.0 Å². The molecule has 1 aliphatic carbocycles. The largest absolute Gasteiger partial charge is 0.352 e. The fraction of sp³-hybridized carbons (Fsp3) is 0.412. The van der Waals surface area contributed by atoms with Gasteiger partial charge in [0.2, 0.25) is 5.91 Å². The van der Waals surface area contributed by atoms with Crippen LogP contribution in [-0.2, 0) is 4.79 Å². The lowest BCUT2D eigenvalue weighted by Gasteiger charge is -2.22. The molecule has 0 bridgehead atoms. The molecular weight excluding hydrogens is 276 g/mol. The van der Waals surface area contributed by atoms with Gasteiger partial charge >= 0.3 is 0 Å². The summed E-state index contributed by atoms with van der Waals surface area (Å²) in [5.41, 5.74) is 3.03. The van der Waals surface area contributed by atoms with Crippen molar-refractivity contribution in [1.82, 2.24) is 20.4 Å². The van der Waals surface area contributed by atoms with E-state index < -0.39 is 0 Å². The quantitative estimate of drug-likeness (QED) is 0.860. The van der Waals surface area contributed by atoms with Gasteiger partial charge in [-0.15, -0.1) is 0 Å². The van der Waals surface area contributed by atoms with Gasteiger partial charge in [0.25, 0.3) is 0 Å². The molecule has 2 aromatic rings. The van der Waals surface area contributed by atoms with Crippen molar-refractivity contribution in [2.45, 2.75) is 31.8 Å². The predicted molar refractivity (Wildman–Crippen MR) is 86.2 cm³/mol. The Hall–Kier alpha value is -2.14. The van der Waals surface area contributed by atoms with Gasteiger partial charge in [-0.25, -0.2) is 0 Å². The van der Waals surface area contributed by atoms with E-state index in [0.717, 1.165) is 29.8 Å². The molecule has 5 nitrogen and oxygen atoms in total. The van der Waals surface area contributed by atoms with E-state index in [2.05, 4.69) is 28.5 Å². The van der Waals surface area contributed by atoms with E-state index in [1.54, 1.807) is 0 Å². The zero-order chi connectivity index (χ0) is 15.5. The lowest BCUT2D eigenvalue weighted by atomic mass is 10.1. The third-order valence-corrected chi connectivity index (χ3v) is 4.11. The minimum absolute atomic E-state index is 0.0969. The van der Waals surface area contributed by atoms with Crippen LogP contribution >= 0.6 is 0 Å². The predicted octanol–water partition coefficient (Wildman–Crippen LogP) is 2.35. The number of H-pyrrole nitrogens is 1. The summed E-state index contributed by atoms with van der Waals surface area (Å²) in [7, 11) is 1.96. The number of likely N-dealkylation sites (N-methyl/N-ethyl adjacent to an activating group) is 1. The van der Waals surface area contributed by atoms with Crippen molar-refractivity contribution >= 4 is 5.91 Å². The Morgan fingerprint density at radius 3 is 2.82 bits per heavy atom. The van der Waals surface area contributed by atoms with E-state index in [1.165, 1.54) is 0 Å². The molecule has 1 atom stereocenters. The Morgan fingerprint density at radius 1 is 1.41 bits per heavy atom. The summed E-state index contributed by atoms with van der Waals surface area (Å²) in [6.45, 7) is 2.48. The number of aromatic nitrogens is 2. The second kappa shape index (κ2) is 6.32. The summed E-state index contributed by atoms with van der Waals surface area (Å²) in [5.74, 6) is 0.0969. The lowest BCUT2D eigenvalue weighted by Crippen LogP contribution is -2.37. The number of rotatable bonds is 6. The number of nitrogens with zero attached hydrogens (tertiary/aromatic N) is 2. The molecule has 2 N–H and O–H groups in total. The molecule has 5 heteroatoms. The van der Waals surface area contributed by atoms with Gasteiger partial charge in [0, 0.05) is 17.6 Å². The summed E-state index contributed by atoms with van der Waals surface area (Å²) >= 11 is 0. The zero-order valence-electron chi connectivity index (χ0n) is 13.0. The number of nitrogens with one attached hydrogen (secondary N) is 2. The third-order valence-electron chi connectivity index (χ3n) is 4.11. The van der Waals surface area contributed by atoms with Gasteiger partial charge in [0.15, 0.2) is 0 Å². The summed E-state index contributed by atoms with van der Waals surface area (Å²) in [4.78, 5) is 13.9. The van der Waals surface area contributed by atoms with Gasteiger partial charge in [-0.05, 0) is 32.9 Å². The number of hydrogen-bond acceptors (Lipinski definition) is 3. The highest BCUT2D eigenvalue weighted by atomic mass is 16.2. The molecule has 1 heterocycles. The van der Waals surface area contributed by atoms with E-state index in [4.69, 9.17) is 0 Å². The molecule has 0 spiro atoms. The maximum absolute atomic E-state index is 11.9. The van der Waals surface area contributed by atoms with Gasteiger partial charge in [-0.1, -0.05) is 30.3 Å². The molecule has 0 radical (unpaired) electrons. The molecule has 1 unspecified atom stereocenters. The Labute approximate surface area is 130 Å². The van der Waals surface area contributed by atoms with Crippen LogP contribution in [0.5, 0.6) is 0 Å². The Kier molecular flexibility index (Phi) is 4.24. The van der Waals surface area contributed by atoms with E-state index in [9.17, 15) is 4.79 Å². The van der Waals surface area contributed by atoms with Gasteiger partial charge in [-0.3, -0.25) is 14.8 Å². The zero-order valence-corrected chi connectivity index (χ0v) is 13.0. The summed E-state index contributed by atoms with van der Waals surface area (Å²) in [6, 6.07) is 12.6. The first-order chi connectivity index (χ1) is 10.6. The Balaban J connectivity index is 1.63.